The van der Waals surface area contributed by atoms with E-state index >= 15 is 0 Å². The van der Waals surface area contributed by atoms with Gasteiger partial charge in [-0.05, 0) is 29.9 Å². The topological polar surface area (TPSA) is 27.7 Å². The summed E-state index contributed by atoms with van der Waals surface area (Å²) in [7, 11) is 1.70. The average Bonchev–Trinajstić information content (AvgIpc) is 2.67. The van der Waals surface area contributed by atoms with Crippen molar-refractivity contribution in [2.75, 3.05) is 38.2 Å². The molecule has 0 aliphatic carbocycles. The van der Waals surface area contributed by atoms with Crippen LogP contribution in [0.5, 0.6) is 5.75 Å². The van der Waals surface area contributed by atoms with Gasteiger partial charge in [0.1, 0.15) is 5.75 Å². The van der Waals surface area contributed by atoms with Gasteiger partial charge in [-0.2, -0.15) is 0 Å². The van der Waals surface area contributed by atoms with E-state index < -0.39 is 0 Å². The van der Waals surface area contributed by atoms with E-state index in [-0.39, 0.29) is 0 Å². The number of benzene rings is 2. The van der Waals surface area contributed by atoms with Crippen LogP contribution in [0.1, 0.15) is 5.56 Å². The van der Waals surface area contributed by atoms with Gasteiger partial charge in [-0.3, -0.25) is 0 Å². The van der Waals surface area contributed by atoms with Crippen molar-refractivity contribution < 1.29 is 4.74 Å². The maximum atomic E-state index is 5.54. The van der Waals surface area contributed by atoms with Gasteiger partial charge in [0.2, 0.25) is 0 Å². The lowest BCUT2D eigenvalue weighted by Gasteiger charge is -2.37. The van der Waals surface area contributed by atoms with Crippen LogP contribution < -0.4 is 15.0 Å². The Morgan fingerprint density at radius 1 is 1.04 bits per heavy atom. The number of methoxy groups -OCH3 is 1. The summed E-state index contributed by atoms with van der Waals surface area (Å²) in [5, 5.41) is 4.20. The van der Waals surface area contributed by atoms with Gasteiger partial charge in [0.25, 0.3) is 0 Å². The fraction of sp³-hybridized carbons (Fsp3) is 0.316. The molecule has 3 rings (SSSR count). The van der Waals surface area contributed by atoms with E-state index in [0.29, 0.717) is 0 Å². The van der Waals surface area contributed by atoms with E-state index in [1.807, 2.05) is 30.3 Å². The van der Waals surface area contributed by atoms with Crippen LogP contribution in [0.15, 0.2) is 54.6 Å². The highest BCUT2D eigenvalue weighted by Gasteiger charge is 2.19. The summed E-state index contributed by atoms with van der Waals surface area (Å²) < 4.78 is 5.31. The molecule has 2 aromatic carbocycles. The van der Waals surface area contributed by atoms with Gasteiger partial charge in [0.05, 0.1) is 7.11 Å². The molecule has 1 aliphatic heterocycles. The summed E-state index contributed by atoms with van der Waals surface area (Å²) in [6.07, 6.45) is 0. The van der Waals surface area contributed by atoms with Crippen LogP contribution in [-0.2, 0) is 6.54 Å². The molecule has 1 N–H and O–H groups in total. The number of rotatable bonds is 4. The molecule has 4 nitrogen and oxygen atoms in total. The van der Waals surface area contributed by atoms with E-state index in [9.17, 15) is 0 Å². The van der Waals surface area contributed by atoms with E-state index in [1.165, 1.54) is 11.3 Å². The third-order valence-corrected chi connectivity index (χ3v) is 4.67. The van der Waals surface area contributed by atoms with Crippen molar-refractivity contribution in [1.29, 1.82) is 0 Å². The molecule has 0 radical (unpaired) electrons. The monoisotopic (exact) mass is 341 g/mol. The zero-order chi connectivity index (χ0) is 16.8. The van der Waals surface area contributed by atoms with Crippen molar-refractivity contribution >= 4 is 23.0 Å². The van der Waals surface area contributed by atoms with Crippen molar-refractivity contribution in [2.45, 2.75) is 6.54 Å². The van der Waals surface area contributed by atoms with Gasteiger partial charge in [-0.1, -0.05) is 36.4 Å². The second-order valence-corrected chi connectivity index (χ2v) is 6.21. The van der Waals surface area contributed by atoms with Crippen LogP contribution in [0, 0.1) is 0 Å². The van der Waals surface area contributed by atoms with Crippen molar-refractivity contribution in [3.63, 3.8) is 0 Å². The predicted molar refractivity (Wildman–Crippen MR) is 103 cm³/mol. The molecule has 0 unspecified atom stereocenters. The van der Waals surface area contributed by atoms with E-state index in [0.717, 1.165) is 43.6 Å². The highest BCUT2D eigenvalue weighted by atomic mass is 32.1. The molecular weight excluding hydrogens is 318 g/mol. The summed E-state index contributed by atoms with van der Waals surface area (Å²) in [6, 6.07) is 18.6. The summed E-state index contributed by atoms with van der Waals surface area (Å²) in [5.41, 5.74) is 2.45. The van der Waals surface area contributed by atoms with Crippen LogP contribution in [0.2, 0.25) is 0 Å². The van der Waals surface area contributed by atoms with Gasteiger partial charge >= 0.3 is 0 Å². The standard InChI is InChI=1S/C19H23N3OS/c1-23-18-9-5-8-17(14-18)21-10-12-22(13-11-21)19(24)20-15-16-6-3-2-4-7-16/h2-9,14H,10-13,15H2,1H3,(H,20,24). The minimum Gasteiger partial charge on any atom is -0.497 e. The molecule has 126 valence electrons. The first kappa shape index (κ1) is 16.6. The Morgan fingerprint density at radius 3 is 2.50 bits per heavy atom. The molecule has 1 saturated heterocycles. The number of hydrogen-bond donors (Lipinski definition) is 1. The molecular formula is C19H23N3OS. The fourth-order valence-corrected chi connectivity index (χ4v) is 3.12. The Morgan fingerprint density at radius 2 is 1.79 bits per heavy atom. The first-order valence-corrected chi connectivity index (χ1v) is 8.63. The Balaban J connectivity index is 1.50. The summed E-state index contributed by atoms with van der Waals surface area (Å²) in [5.74, 6) is 0.898. The highest BCUT2D eigenvalue weighted by Crippen LogP contribution is 2.22. The molecule has 0 amide bonds. The third-order valence-electron chi connectivity index (χ3n) is 4.27. The molecule has 1 heterocycles. The zero-order valence-electron chi connectivity index (χ0n) is 13.9. The zero-order valence-corrected chi connectivity index (χ0v) is 14.8. The lowest BCUT2D eigenvalue weighted by Crippen LogP contribution is -2.51. The largest absolute Gasteiger partial charge is 0.497 e. The van der Waals surface area contributed by atoms with E-state index in [2.05, 4.69) is 39.4 Å². The molecule has 5 heteroatoms. The van der Waals surface area contributed by atoms with Crippen molar-refractivity contribution in [1.82, 2.24) is 10.2 Å². The first-order chi connectivity index (χ1) is 11.8. The normalized spacial score (nSPS) is 14.4. The third kappa shape index (κ3) is 4.17. The lowest BCUT2D eigenvalue weighted by molar-refractivity contribution is 0.379. The number of piperazine rings is 1. The quantitative estimate of drug-likeness (QED) is 0.863. The molecule has 0 atom stereocenters. The van der Waals surface area contributed by atoms with Crippen LogP contribution in [0.3, 0.4) is 0 Å². The molecule has 0 bridgehead atoms. The average molecular weight is 341 g/mol. The minimum absolute atomic E-state index is 0.774. The molecule has 0 aromatic heterocycles. The minimum atomic E-state index is 0.774. The van der Waals surface area contributed by atoms with Crippen molar-refractivity contribution in [3.8, 4) is 5.75 Å². The van der Waals surface area contributed by atoms with Gasteiger partial charge in [-0.25, -0.2) is 0 Å². The Hall–Kier alpha value is -2.27. The van der Waals surface area contributed by atoms with Crippen LogP contribution in [0.4, 0.5) is 5.69 Å². The second-order valence-electron chi connectivity index (χ2n) is 5.82. The Kier molecular flexibility index (Phi) is 5.54. The van der Waals surface area contributed by atoms with Crippen molar-refractivity contribution in [2.24, 2.45) is 0 Å². The number of nitrogens with zero attached hydrogens (tertiary/aromatic N) is 2. The number of thiocarbonyl (C=S) groups is 1. The summed E-state index contributed by atoms with van der Waals surface area (Å²) in [4.78, 5) is 4.62. The molecule has 0 saturated carbocycles. The maximum absolute atomic E-state index is 5.54. The van der Waals surface area contributed by atoms with Crippen LogP contribution >= 0.6 is 12.2 Å². The molecule has 2 aromatic rings. The highest BCUT2D eigenvalue weighted by molar-refractivity contribution is 7.80. The lowest BCUT2D eigenvalue weighted by atomic mass is 10.2. The second kappa shape index (κ2) is 8.02. The van der Waals surface area contributed by atoms with Gasteiger partial charge < -0.3 is 19.9 Å². The Labute approximate surface area is 149 Å². The summed E-state index contributed by atoms with van der Waals surface area (Å²) >= 11 is 5.54. The molecule has 1 aliphatic rings. The maximum Gasteiger partial charge on any atom is 0.169 e. The number of anilines is 1. The van der Waals surface area contributed by atoms with Gasteiger partial charge in [0.15, 0.2) is 5.11 Å². The molecule has 0 spiro atoms. The van der Waals surface area contributed by atoms with Crippen LogP contribution in [0.25, 0.3) is 0 Å². The molecule has 24 heavy (non-hydrogen) atoms. The van der Waals surface area contributed by atoms with Crippen LogP contribution in [-0.4, -0.2) is 43.3 Å². The smallest absolute Gasteiger partial charge is 0.169 e. The van der Waals surface area contributed by atoms with E-state index in [4.69, 9.17) is 17.0 Å². The first-order valence-electron chi connectivity index (χ1n) is 8.22. The Bertz CT molecular complexity index is 669. The fourth-order valence-electron chi connectivity index (χ4n) is 2.86. The number of ether oxygens (including phenoxy) is 1. The van der Waals surface area contributed by atoms with Crippen molar-refractivity contribution in [3.05, 3.63) is 60.2 Å². The summed E-state index contributed by atoms with van der Waals surface area (Å²) in [6.45, 7) is 4.55. The van der Waals surface area contributed by atoms with Gasteiger partial charge in [0, 0.05) is 44.5 Å². The van der Waals surface area contributed by atoms with Gasteiger partial charge in [-0.15, -0.1) is 0 Å². The SMILES string of the molecule is COc1cccc(N2CCN(C(=S)NCc3ccccc3)CC2)c1. The predicted octanol–water partition coefficient (Wildman–Crippen LogP) is 2.89. The number of hydrogen-bond acceptors (Lipinski definition) is 3. The number of nitrogens with one attached hydrogen (secondary N) is 1. The van der Waals surface area contributed by atoms with E-state index in [1.54, 1.807) is 7.11 Å². The molecule has 1 fully saturated rings.